The Morgan fingerprint density at radius 1 is 1.25 bits per heavy atom. The van der Waals surface area contributed by atoms with Crippen LogP contribution >= 0.6 is 35.3 Å². The molecular weight excluding hydrogens is 511 g/mol. The van der Waals surface area contributed by atoms with Crippen molar-refractivity contribution in [2.24, 2.45) is 4.99 Å². The number of ether oxygens (including phenoxy) is 1. The van der Waals surface area contributed by atoms with Crippen LogP contribution in [0.2, 0.25) is 0 Å². The third kappa shape index (κ3) is 6.54. The number of hydrogen-bond donors (Lipinski definition) is 2. The van der Waals surface area contributed by atoms with Crippen molar-refractivity contribution in [3.05, 3.63) is 17.0 Å². The van der Waals surface area contributed by atoms with Gasteiger partial charge in [-0.05, 0) is 31.9 Å². The molecule has 1 saturated carbocycles. The summed E-state index contributed by atoms with van der Waals surface area (Å²) in [6.45, 7) is 5.09. The van der Waals surface area contributed by atoms with Crippen LogP contribution < -0.4 is 10.6 Å². The van der Waals surface area contributed by atoms with Crippen molar-refractivity contribution < 1.29 is 13.2 Å². The predicted octanol–water partition coefficient (Wildman–Crippen LogP) is 2.77. The second-order valence-electron chi connectivity index (χ2n) is 6.91. The predicted molar refractivity (Wildman–Crippen MR) is 124 cm³/mol. The molecule has 3 rings (SSSR count). The topological polar surface area (TPSA) is 83.0 Å². The van der Waals surface area contributed by atoms with Crippen LogP contribution in [0.1, 0.15) is 43.9 Å². The van der Waals surface area contributed by atoms with Crippen molar-refractivity contribution in [1.29, 1.82) is 0 Å². The summed E-state index contributed by atoms with van der Waals surface area (Å²) in [7, 11) is -3.42. The SMILES string of the molecule is CCNC(=NCc1ccc(S(=O)(=O)N2CCOCC2)s1)NC1CCCCC1.I. The fraction of sp³-hybridized carbons (Fsp3) is 0.722. The van der Waals surface area contributed by atoms with Gasteiger partial charge in [0.1, 0.15) is 4.21 Å². The van der Waals surface area contributed by atoms with E-state index >= 15 is 0 Å². The number of halogens is 1. The molecule has 2 aliphatic rings. The number of nitrogens with one attached hydrogen (secondary N) is 2. The highest BCUT2D eigenvalue weighted by Crippen LogP contribution is 2.26. The normalized spacial score (nSPS) is 19.8. The first-order valence-electron chi connectivity index (χ1n) is 9.81. The average Bonchev–Trinajstić information content (AvgIpc) is 3.18. The van der Waals surface area contributed by atoms with E-state index in [2.05, 4.69) is 22.5 Å². The zero-order chi connectivity index (χ0) is 19.1. The Morgan fingerprint density at radius 2 is 1.96 bits per heavy atom. The first kappa shape index (κ1) is 23.8. The molecule has 10 heteroatoms. The van der Waals surface area contributed by atoms with Gasteiger partial charge in [-0.2, -0.15) is 4.31 Å². The van der Waals surface area contributed by atoms with Crippen molar-refractivity contribution in [2.45, 2.75) is 55.8 Å². The summed E-state index contributed by atoms with van der Waals surface area (Å²) in [5.41, 5.74) is 0. The lowest BCUT2D eigenvalue weighted by atomic mass is 9.96. The second-order valence-corrected chi connectivity index (χ2v) is 10.2. The lowest BCUT2D eigenvalue weighted by molar-refractivity contribution is 0.0731. The number of aliphatic imine (C=N–C) groups is 1. The van der Waals surface area contributed by atoms with Crippen molar-refractivity contribution in [3.63, 3.8) is 0 Å². The number of rotatable bonds is 6. The highest BCUT2D eigenvalue weighted by atomic mass is 127. The van der Waals surface area contributed by atoms with Gasteiger partial charge in [0.25, 0.3) is 10.0 Å². The molecular formula is C18H31IN4O3S2. The van der Waals surface area contributed by atoms with E-state index in [1.807, 2.05) is 6.07 Å². The zero-order valence-corrected chi connectivity index (χ0v) is 20.3. The average molecular weight is 543 g/mol. The Hall–Kier alpha value is -0.430. The van der Waals surface area contributed by atoms with Gasteiger partial charge >= 0.3 is 0 Å². The molecule has 2 fully saturated rings. The molecule has 2 N–H and O–H groups in total. The molecule has 0 spiro atoms. The fourth-order valence-electron chi connectivity index (χ4n) is 3.41. The minimum Gasteiger partial charge on any atom is -0.379 e. The van der Waals surface area contributed by atoms with E-state index in [9.17, 15) is 8.42 Å². The van der Waals surface area contributed by atoms with Crippen LogP contribution in [0.15, 0.2) is 21.3 Å². The smallest absolute Gasteiger partial charge is 0.252 e. The van der Waals surface area contributed by atoms with Crippen LogP contribution in [-0.4, -0.2) is 57.6 Å². The Bertz CT molecular complexity index is 727. The van der Waals surface area contributed by atoms with Crippen LogP contribution in [0.3, 0.4) is 0 Å². The van der Waals surface area contributed by atoms with Crippen LogP contribution in [-0.2, 0) is 21.3 Å². The van der Waals surface area contributed by atoms with Gasteiger partial charge in [-0.15, -0.1) is 35.3 Å². The summed E-state index contributed by atoms with van der Waals surface area (Å²) in [5, 5.41) is 6.81. The number of nitrogens with zero attached hydrogens (tertiary/aromatic N) is 2. The first-order chi connectivity index (χ1) is 13.1. The molecule has 0 amide bonds. The third-order valence-electron chi connectivity index (χ3n) is 4.88. The van der Waals surface area contributed by atoms with Gasteiger partial charge in [0.15, 0.2) is 5.96 Å². The molecule has 1 saturated heterocycles. The summed E-state index contributed by atoms with van der Waals surface area (Å²) in [6, 6.07) is 4.05. The second kappa shape index (κ2) is 11.7. The van der Waals surface area contributed by atoms with Crippen LogP contribution in [0.25, 0.3) is 0 Å². The summed E-state index contributed by atoms with van der Waals surface area (Å²) in [4.78, 5) is 5.61. The van der Waals surface area contributed by atoms with Crippen LogP contribution in [0.5, 0.6) is 0 Å². The maximum absolute atomic E-state index is 12.7. The first-order valence-corrected chi connectivity index (χ1v) is 12.1. The van der Waals surface area contributed by atoms with E-state index in [1.165, 1.54) is 47.7 Å². The van der Waals surface area contributed by atoms with E-state index in [0.717, 1.165) is 17.4 Å². The number of morpholine rings is 1. The Morgan fingerprint density at radius 3 is 2.64 bits per heavy atom. The molecule has 0 aromatic carbocycles. The minimum atomic E-state index is -3.42. The molecule has 2 heterocycles. The van der Waals surface area contributed by atoms with Crippen LogP contribution in [0, 0.1) is 0 Å². The van der Waals surface area contributed by atoms with Crippen LogP contribution in [0.4, 0.5) is 0 Å². The van der Waals surface area contributed by atoms with Crippen molar-refractivity contribution in [3.8, 4) is 0 Å². The summed E-state index contributed by atoms with van der Waals surface area (Å²) in [6.07, 6.45) is 6.23. The van der Waals surface area contributed by atoms with Crippen molar-refractivity contribution >= 4 is 51.3 Å². The van der Waals surface area contributed by atoms with Gasteiger partial charge in [-0.25, -0.2) is 13.4 Å². The van der Waals surface area contributed by atoms with Gasteiger partial charge in [0.05, 0.1) is 19.8 Å². The highest BCUT2D eigenvalue weighted by molar-refractivity contribution is 14.0. The monoisotopic (exact) mass is 542 g/mol. The molecule has 28 heavy (non-hydrogen) atoms. The maximum Gasteiger partial charge on any atom is 0.252 e. The lowest BCUT2D eigenvalue weighted by Gasteiger charge is -2.25. The molecule has 160 valence electrons. The van der Waals surface area contributed by atoms with Gasteiger partial charge in [0.2, 0.25) is 0 Å². The fourth-order valence-corrected chi connectivity index (χ4v) is 6.26. The quantitative estimate of drug-likeness (QED) is 0.328. The van der Waals surface area contributed by atoms with E-state index in [0.29, 0.717) is 43.1 Å². The third-order valence-corrected chi connectivity index (χ3v) is 8.32. The standard InChI is InChI=1S/C18H30N4O3S2.HI/c1-2-19-18(21-15-6-4-3-5-7-15)20-14-16-8-9-17(26-16)27(23,24)22-10-12-25-13-11-22;/h8-9,15H,2-7,10-14H2,1H3,(H2,19,20,21);1H. The molecule has 0 unspecified atom stereocenters. The van der Waals surface area contributed by atoms with Gasteiger partial charge in [-0.1, -0.05) is 19.3 Å². The van der Waals surface area contributed by atoms with E-state index in [-0.39, 0.29) is 24.0 Å². The minimum absolute atomic E-state index is 0. The molecule has 1 aromatic rings. The molecule has 0 atom stereocenters. The zero-order valence-electron chi connectivity index (χ0n) is 16.4. The molecule has 0 bridgehead atoms. The molecule has 1 aromatic heterocycles. The molecule has 1 aliphatic carbocycles. The maximum atomic E-state index is 12.7. The number of sulfonamides is 1. The Balaban J connectivity index is 0.00000280. The number of guanidine groups is 1. The van der Waals surface area contributed by atoms with Crippen molar-refractivity contribution in [2.75, 3.05) is 32.8 Å². The Kier molecular flexibility index (Phi) is 9.94. The summed E-state index contributed by atoms with van der Waals surface area (Å²) in [5.74, 6) is 0.815. The molecule has 0 radical (unpaired) electrons. The largest absolute Gasteiger partial charge is 0.379 e. The Labute approximate surface area is 189 Å². The van der Waals surface area contributed by atoms with Gasteiger partial charge in [-0.3, -0.25) is 0 Å². The van der Waals surface area contributed by atoms with Gasteiger partial charge in [0, 0.05) is 30.6 Å². The van der Waals surface area contributed by atoms with E-state index in [1.54, 1.807) is 6.07 Å². The number of hydrogen-bond acceptors (Lipinski definition) is 5. The van der Waals surface area contributed by atoms with E-state index in [4.69, 9.17) is 4.74 Å². The summed E-state index contributed by atoms with van der Waals surface area (Å²) >= 11 is 1.31. The highest BCUT2D eigenvalue weighted by Gasteiger charge is 2.27. The van der Waals surface area contributed by atoms with E-state index < -0.39 is 10.0 Å². The summed E-state index contributed by atoms with van der Waals surface area (Å²) < 4.78 is 32.6. The van der Waals surface area contributed by atoms with Gasteiger partial charge < -0.3 is 15.4 Å². The molecule has 7 nitrogen and oxygen atoms in total. The molecule has 1 aliphatic heterocycles. The lowest BCUT2D eigenvalue weighted by Crippen LogP contribution is -2.44. The van der Waals surface area contributed by atoms with Crippen molar-refractivity contribution in [1.82, 2.24) is 14.9 Å². The number of thiophene rings is 1.